The third-order valence-corrected chi connectivity index (χ3v) is 4.50. The molecule has 0 aliphatic carbocycles. The molecule has 1 aromatic carbocycles. The molecular weight excluding hydrogens is 292 g/mol. The van der Waals surface area contributed by atoms with Gasteiger partial charge in [-0.1, -0.05) is 12.1 Å². The molecule has 0 spiro atoms. The van der Waals surface area contributed by atoms with Crippen LogP contribution in [0.1, 0.15) is 12.0 Å². The van der Waals surface area contributed by atoms with Crippen LogP contribution in [0.3, 0.4) is 0 Å². The summed E-state index contributed by atoms with van der Waals surface area (Å²) in [7, 11) is -1.91. The van der Waals surface area contributed by atoms with Gasteiger partial charge in [0.25, 0.3) is 0 Å². The maximum Gasteiger partial charge on any atom is 0.222 e. The fourth-order valence-corrected chi connectivity index (χ4v) is 3.48. The zero-order valence-corrected chi connectivity index (χ0v) is 12.8. The second-order valence-electron chi connectivity index (χ2n) is 5.34. The van der Waals surface area contributed by atoms with Gasteiger partial charge in [-0.2, -0.15) is 0 Å². The van der Waals surface area contributed by atoms with E-state index >= 15 is 0 Å². The molecule has 1 fully saturated rings. The van der Waals surface area contributed by atoms with Gasteiger partial charge in [-0.25, -0.2) is 13.6 Å². The molecule has 1 atom stereocenters. The fourth-order valence-electron chi connectivity index (χ4n) is 2.60. The highest BCUT2D eigenvalue weighted by molar-refractivity contribution is 7.89. The van der Waals surface area contributed by atoms with Crippen LogP contribution in [0.2, 0.25) is 0 Å². The number of amides is 1. The highest BCUT2D eigenvalue weighted by atomic mass is 32.2. The average Bonchev–Trinajstić information content (AvgIpc) is 2.74. The van der Waals surface area contributed by atoms with Crippen molar-refractivity contribution in [3.05, 3.63) is 29.8 Å². The lowest BCUT2D eigenvalue weighted by Gasteiger charge is -2.16. The number of likely N-dealkylation sites (tertiary alicyclic amines) is 1. The first-order valence-corrected chi connectivity index (χ1v) is 8.50. The quantitative estimate of drug-likeness (QED) is 0.822. The van der Waals surface area contributed by atoms with Crippen LogP contribution in [0, 0.1) is 5.92 Å². The van der Waals surface area contributed by atoms with E-state index in [1.54, 1.807) is 12.0 Å². The Morgan fingerprint density at radius 1 is 1.43 bits per heavy atom. The van der Waals surface area contributed by atoms with Crippen LogP contribution < -0.4 is 9.88 Å². The van der Waals surface area contributed by atoms with Gasteiger partial charge in [0.15, 0.2) is 0 Å². The Balaban J connectivity index is 1.90. The van der Waals surface area contributed by atoms with Gasteiger partial charge in [0.05, 0.1) is 12.9 Å². The fraction of sp³-hybridized carbons (Fsp3) is 0.500. The number of methoxy groups -OCH3 is 1. The standard InChI is InChI=1S/C14H20N2O4S/c1-20-13-4-2-3-11(7-13)5-6-16-9-12(8-14(16)17)10-21(15,18)19/h2-4,7,12H,5-6,8-10H2,1H3,(H2,15,18,19). The van der Waals surface area contributed by atoms with E-state index < -0.39 is 10.0 Å². The number of benzene rings is 1. The molecule has 1 heterocycles. The second kappa shape index (κ2) is 6.44. The molecule has 116 valence electrons. The number of rotatable bonds is 6. The molecule has 7 heteroatoms. The van der Waals surface area contributed by atoms with Crippen molar-refractivity contribution < 1.29 is 17.9 Å². The van der Waals surface area contributed by atoms with Crippen molar-refractivity contribution in [2.45, 2.75) is 12.8 Å². The topological polar surface area (TPSA) is 89.7 Å². The minimum Gasteiger partial charge on any atom is -0.497 e. The first-order chi connectivity index (χ1) is 9.87. The monoisotopic (exact) mass is 312 g/mol. The summed E-state index contributed by atoms with van der Waals surface area (Å²) in [6.07, 6.45) is 0.972. The number of carbonyl (C=O) groups is 1. The Hall–Kier alpha value is -1.60. The van der Waals surface area contributed by atoms with Crippen molar-refractivity contribution in [2.75, 3.05) is 26.0 Å². The molecule has 2 rings (SSSR count). The molecule has 0 saturated carbocycles. The summed E-state index contributed by atoms with van der Waals surface area (Å²) in [6, 6.07) is 7.68. The molecule has 1 aliphatic heterocycles. The highest BCUT2D eigenvalue weighted by Crippen LogP contribution is 2.20. The van der Waals surface area contributed by atoms with E-state index in [0.29, 0.717) is 19.5 Å². The first kappa shape index (κ1) is 15.8. The number of hydrogen-bond donors (Lipinski definition) is 1. The van der Waals surface area contributed by atoms with Gasteiger partial charge in [0.1, 0.15) is 5.75 Å². The SMILES string of the molecule is COc1cccc(CCN2CC(CS(N)(=O)=O)CC2=O)c1. The lowest BCUT2D eigenvalue weighted by atomic mass is 10.1. The van der Waals surface area contributed by atoms with Crippen molar-refractivity contribution in [3.8, 4) is 5.75 Å². The highest BCUT2D eigenvalue weighted by Gasteiger charge is 2.31. The lowest BCUT2D eigenvalue weighted by molar-refractivity contribution is -0.127. The van der Waals surface area contributed by atoms with Gasteiger partial charge in [0.2, 0.25) is 15.9 Å². The van der Waals surface area contributed by atoms with Gasteiger partial charge in [-0.15, -0.1) is 0 Å². The molecule has 6 nitrogen and oxygen atoms in total. The molecule has 1 aliphatic rings. The molecule has 0 radical (unpaired) electrons. The number of primary sulfonamides is 1. The predicted octanol–water partition coefficient (Wildman–Crippen LogP) is 0.375. The Labute approximate surface area is 124 Å². The van der Waals surface area contributed by atoms with E-state index in [0.717, 1.165) is 11.3 Å². The number of nitrogens with zero attached hydrogens (tertiary/aromatic N) is 1. The van der Waals surface area contributed by atoms with E-state index in [9.17, 15) is 13.2 Å². The van der Waals surface area contributed by atoms with Crippen molar-refractivity contribution in [3.63, 3.8) is 0 Å². The van der Waals surface area contributed by atoms with Gasteiger partial charge in [-0.05, 0) is 24.1 Å². The first-order valence-electron chi connectivity index (χ1n) is 6.78. The maximum atomic E-state index is 11.9. The molecule has 0 aromatic heterocycles. The summed E-state index contributed by atoms with van der Waals surface area (Å²) in [6.45, 7) is 1.03. The molecular formula is C14H20N2O4S. The number of ether oxygens (including phenoxy) is 1. The second-order valence-corrected chi connectivity index (χ2v) is 7.00. The summed E-state index contributed by atoms with van der Waals surface area (Å²) in [5.41, 5.74) is 1.08. The van der Waals surface area contributed by atoms with Gasteiger partial charge >= 0.3 is 0 Å². The van der Waals surface area contributed by atoms with E-state index in [4.69, 9.17) is 9.88 Å². The Morgan fingerprint density at radius 3 is 2.86 bits per heavy atom. The van der Waals surface area contributed by atoms with E-state index in [2.05, 4.69) is 0 Å². The predicted molar refractivity (Wildman–Crippen MR) is 79.4 cm³/mol. The Bertz CT molecular complexity index is 615. The van der Waals surface area contributed by atoms with Crippen LogP contribution in [0.15, 0.2) is 24.3 Å². The molecule has 0 bridgehead atoms. The minimum absolute atomic E-state index is 0.00783. The molecule has 1 unspecified atom stereocenters. The van der Waals surface area contributed by atoms with Crippen molar-refractivity contribution >= 4 is 15.9 Å². The van der Waals surface area contributed by atoms with E-state index in [1.165, 1.54) is 0 Å². The summed E-state index contributed by atoms with van der Waals surface area (Å²) in [5.74, 6) is 0.450. The smallest absolute Gasteiger partial charge is 0.222 e. The van der Waals surface area contributed by atoms with Gasteiger partial charge < -0.3 is 9.64 Å². The van der Waals surface area contributed by atoms with Crippen LogP contribution in [0.25, 0.3) is 0 Å². The van der Waals surface area contributed by atoms with Crippen molar-refractivity contribution in [1.29, 1.82) is 0 Å². The molecule has 1 aromatic rings. The number of nitrogens with two attached hydrogens (primary N) is 1. The van der Waals surface area contributed by atoms with Crippen LogP contribution in [0.4, 0.5) is 0 Å². The normalized spacial score (nSPS) is 19.0. The van der Waals surface area contributed by atoms with E-state index in [-0.39, 0.29) is 24.0 Å². The van der Waals surface area contributed by atoms with Crippen molar-refractivity contribution in [2.24, 2.45) is 11.1 Å². The van der Waals surface area contributed by atoms with Crippen LogP contribution in [0.5, 0.6) is 5.75 Å². The summed E-state index contributed by atoms with van der Waals surface area (Å²) >= 11 is 0. The lowest BCUT2D eigenvalue weighted by Crippen LogP contribution is -2.29. The van der Waals surface area contributed by atoms with Crippen LogP contribution in [-0.2, 0) is 21.2 Å². The number of sulfonamides is 1. The van der Waals surface area contributed by atoms with Gasteiger partial charge in [-0.3, -0.25) is 4.79 Å². The van der Waals surface area contributed by atoms with Crippen LogP contribution >= 0.6 is 0 Å². The molecule has 2 N–H and O–H groups in total. The van der Waals surface area contributed by atoms with Crippen molar-refractivity contribution in [1.82, 2.24) is 4.90 Å². The molecule has 21 heavy (non-hydrogen) atoms. The summed E-state index contributed by atoms with van der Waals surface area (Å²) in [4.78, 5) is 13.6. The van der Waals surface area contributed by atoms with Gasteiger partial charge in [0, 0.05) is 25.4 Å². The Morgan fingerprint density at radius 2 is 2.19 bits per heavy atom. The zero-order valence-electron chi connectivity index (χ0n) is 12.0. The zero-order chi connectivity index (χ0) is 15.5. The Kier molecular flexibility index (Phi) is 4.84. The maximum absolute atomic E-state index is 11.9. The number of carbonyl (C=O) groups excluding carboxylic acids is 1. The van der Waals surface area contributed by atoms with E-state index in [1.807, 2.05) is 24.3 Å². The summed E-state index contributed by atoms with van der Waals surface area (Å²) in [5, 5.41) is 5.03. The molecule has 1 amide bonds. The summed E-state index contributed by atoms with van der Waals surface area (Å²) < 4.78 is 27.3. The largest absolute Gasteiger partial charge is 0.497 e. The minimum atomic E-state index is -3.53. The van der Waals surface area contributed by atoms with Crippen LogP contribution in [-0.4, -0.2) is 45.2 Å². The molecule has 1 saturated heterocycles. The third-order valence-electron chi connectivity index (χ3n) is 3.57. The third kappa shape index (κ3) is 4.71. The average molecular weight is 312 g/mol. The number of hydrogen-bond acceptors (Lipinski definition) is 4.